The molecule has 0 spiro atoms. The molecular formula is C13H20BrClN2O. The van der Waals surface area contributed by atoms with Crippen LogP contribution >= 0.6 is 28.3 Å². The molecular weight excluding hydrogens is 316 g/mol. The van der Waals surface area contributed by atoms with Crippen molar-refractivity contribution in [1.82, 2.24) is 10.2 Å². The minimum Gasteiger partial charge on any atom is -0.496 e. The Hall–Kier alpha value is -0.290. The molecule has 1 saturated heterocycles. The summed E-state index contributed by atoms with van der Waals surface area (Å²) in [5.41, 5.74) is 1.25. The van der Waals surface area contributed by atoms with Crippen molar-refractivity contribution in [2.24, 2.45) is 0 Å². The molecule has 0 radical (unpaired) electrons. The van der Waals surface area contributed by atoms with Gasteiger partial charge in [0.1, 0.15) is 5.75 Å². The predicted octanol–water partition coefficient (Wildman–Crippen LogP) is 2.67. The summed E-state index contributed by atoms with van der Waals surface area (Å²) in [5.74, 6) is 0.973. The summed E-state index contributed by atoms with van der Waals surface area (Å²) >= 11 is 3.51. The number of ether oxygens (including phenoxy) is 1. The van der Waals surface area contributed by atoms with Crippen LogP contribution in [0.25, 0.3) is 0 Å². The summed E-state index contributed by atoms with van der Waals surface area (Å²) in [4.78, 5) is 2.46. The molecule has 1 aromatic carbocycles. The third-order valence-corrected chi connectivity index (χ3v) is 3.81. The van der Waals surface area contributed by atoms with Crippen LogP contribution in [0.15, 0.2) is 22.7 Å². The third-order valence-electron chi connectivity index (χ3n) is 3.32. The molecule has 1 heterocycles. The summed E-state index contributed by atoms with van der Waals surface area (Å²) in [6.07, 6.45) is 1.23. The van der Waals surface area contributed by atoms with Crippen LogP contribution in [0, 0.1) is 0 Å². The Kier molecular flexibility index (Phi) is 6.43. The second kappa shape index (κ2) is 7.34. The van der Waals surface area contributed by atoms with Gasteiger partial charge in [0, 0.05) is 35.7 Å². The standard InChI is InChI=1S/C13H19BrN2O.ClH/c1-15-12-5-6-16(9-12)8-10-7-11(14)3-4-13(10)17-2;/h3-4,7,12,15H,5-6,8-9H2,1-2H3;1H. The number of methoxy groups -OCH3 is 1. The molecule has 0 bridgehead atoms. The van der Waals surface area contributed by atoms with Crippen molar-refractivity contribution < 1.29 is 4.74 Å². The van der Waals surface area contributed by atoms with E-state index in [9.17, 15) is 0 Å². The quantitative estimate of drug-likeness (QED) is 0.915. The molecule has 0 saturated carbocycles. The highest BCUT2D eigenvalue weighted by Gasteiger charge is 2.21. The van der Waals surface area contributed by atoms with Crippen molar-refractivity contribution in [2.45, 2.75) is 19.0 Å². The molecule has 3 nitrogen and oxygen atoms in total. The van der Waals surface area contributed by atoms with E-state index in [1.807, 2.05) is 19.2 Å². The predicted molar refractivity (Wildman–Crippen MR) is 80.7 cm³/mol. The molecule has 1 unspecified atom stereocenters. The minimum absolute atomic E-state index is 0. The number of benzene rings is 1. The van der Waals surface area contributed by atoms with E-state index in [1.54, 1.807) is 7.11 Å². The molecule has 0 amide bonds. The van der Waals surface area contributed by atoms with Gasteiger partial charge in [-0.1, -0.05) is 15.9 Å². The van der Waals surface area contributed by atoms with Gasteiger partial charge in [0.05, 0.1) is 7.11 Å². The molecule has 1 fully saturated rings. The van der Waals surface area contributed by atoms with E-state index in [0.29, 0.717) is 6.04 Å². The van der Waals surface area contributed by atoms with Crippen molar-refractivity contribution in [2.75, 3.05) is 27.2 Å². The van der Waals surface area contributed by atoms with E-state index >= 15 is 0 Å². The highest BCUT2D eigenvalue weighted by Crippen LogP contribution is 2.25. The number of hydrogen-bond acceptors (Lipinski definition) is 3. The molecule has 1 N–H and O–H groups in total. The maximum Gasteiger partial charge on any atom is 0.123 e. The first-order chi connectivity index (χ1) is 8.22. The maximum atomic E-state index is 5.40. The van der Waals surface area contributed by atoms with Gasteiger partial charge in [0.25, 0.3) is 0 Å². The van der Waals surface area contributed by atoms with Crippen LogP contribution in [-0.2, 0) is 6.54 Å². The number of halogens is 2. The van der Waals surface area contributed by atoms with Crippen molar-refractivity contribution in [3.63, 3.8) is 0 Å². The molecule has 1 aliphatic heterocycles. The number of likely N-dealkylation sites (tertiary alicyclic amines) is 1. The van der Waals surface area contributed by atoms with Gasteiger partial charge >= 0.3 is 0 Å². The van der Waals surface area contributed by atoms with Crippen molar-refractivity contribution in [3.05, 3.63) is 28.2 Å². The van der Waals surface area contributed by atoms with Crippen LogP contribution in [0.5, 0.6) is 5.75 Å². The second-order valence-electron chi connectivity index (χ2n) is 4.47. The normalized spacial score (nSPS) is 19.6. The fraction of sp³-hybridized carbons (Fsp3) is 0.538. The molecule has 0 aromatic heterocycles. The Labute approximate surface area is 123 Å². The Morgan fingerprint density at radius 3 is 2.89 bits per heavy atom. The molecule has 102 valence electrons. The summed E-state index contributed by atoms with van der Waals surface area (Å²) in [6, 6.07) is 6.81. The number of nitrogens with zero attached hydrogens (tertiary/aromatic N) is 1. The van der Waals surface area contributed by atoms with E-state index in [2.05, 4.69) is 32.2 Å². The molecule has 1 aromatic rings. The number of hydrogen-bond donors (Lipinski definition) is 1. The van der Waals surface area contributed by atoms with E-state index < -0.39 is 0 Å². The first-order valence-electron chi connectivity index (χ1n) is 5.95. The van der Waals surface area contributed by atoms with Gasteiger partial charge in [-0.2, -0.15) is 0 Å². The Morgan fingerprint density at radius 1 is 1.50 bits per heavy atom. The molecule has 2 rings (SSSR count). The summed E-state index contributed by atoms with van der Waals surface area (Å²) in [7, 11) is 3.76. The van der Waals surface area contributed by atoms with Gasteiger partial charge in [0.2, 0.25) is 0 Å². The van der Waals surface area contributed by atoms with E-state index in [4.69, 9.17) is 4.74 Å². The smallest absolute Gasteiger partial charge is 0.123 e. The van der Waals surface area contributed by atoms with Crippen LogP contribution in [0.3, 0.4) is 0 Å². The van der Waals surface area contributed by atoms with Gasteiger partial charge in [-0.25, -0.2) is 0 Å². The van der Waals surface area contributed by atoms with E-state index in [-0.39, 0.29) is 12.4 Å². The van der Waals surface area contributed by atoms with Gasteiger partial charge < -0.3 is 10.1 Å². The Bertz CT molecular complexity index is 389. The topological polar surface area (TPSA) is 24.5 Å². The third kappa shape index (κ3) is 3.85. The number of nitrogens with one attached hydrogen (secondary N) is 1. The Morgan fingerprint density at radius 2 is 2.28 bits per heavy atom. The molecule has 1 atom stereocenters. The lowest BCUT2D eigenvalue weighted by Gasteiger charge is -2.18. The van der Waals surface area contributed by atoms with Crippen LogP contribution < -0.4 is 10.1 Å². The van der Waals surface area contributed by atoms with Crippen LogP contribution in [0.1, 0.15) is 12.0 Å². The molecule has 18 heavy (non-hydrogen) atoms. The highest BCUT2D eigenvalue weighted by atomic mass is 79.9. The summed E-state index contributed by atoms with van der Waals surface area (Å²) in [5, 5.41) is 3.34. The van der Waals surface area contributed by atoms with E-state index in [0.717, 1.165) is 29.9 Å². The zero-order valence-corrected chi connectivity index (χ0v) is 13.2. The zero-order valence-electron chi connectivity index (χ0n) is 10.8. The molecule has 1 aliphatic rings. The fourth-order valence-corrected chi connectivity index (χ4v) is 2.73. The van der Waals surface area contributed by atoms with Crippen molar-refractivity contribution in [3.8, 4) is 5.75 Å². The first-order valence-corrected chi connectivity index (χ1v) is 6.74. The summed E-state index contributed by atoms with van der Waals surface area (Å²) < 4.78 is 6.51. The largest absolute Gasteiger partial charge is 0.496 e. The first kappa shape index (κ1) is 15.8. The lowest BCUT2D eigenvalue weighted by Crippen LogP contribution is -2.29. The summed E-state index contributed by atoms with van der Waals surface area (Å²) in [6.45, 7) is 3.23. The maximum absolute atomic E-state index is 5.40. The minimum atomic E-state index is 0. The lowest BCUT2D eigenvalue weighted by atomic mass is 10.2. The van der Waals surface area contributed by atoms with Gasteiger partial charge in [-0.3, -0.25) is 4.90 Å². The fourth-order valence-electron chi connectivity index (χ4n) is 2.32. The van der Waals surface area contributed by atoms with Gasteiger partial charge in [-0.15, -0.1) is 12.4 Å². The molecule has 0 aliphatic carbocycles. The highest BCUT2D eigenvalue weighted by molar-refractivity contribution is 9.10. The van der Waals surface area contributed by atoms with E-state index in [1.165, 1.54) is 12.0 Å². The molecule has 5 heteroatoms. The van der Waals surface area contributed by atoms with Crippen LogP contribution in [-0.4, -0.2) is 38.2 Å². The van der Waals surface area contributed by atoms with Crippen molar-refractivity contribution >= 4 is 28.3 Å². The Balaban J connectivity index is 0.00000162. The van der Waals surface area contributed by atoms with Crippen LogP contribution in [0.4, 0.5) is 0 Å². The van der Waals surface area contributed by atoms with Gasteiger partial charge in [-0.05, 0) is 31.7 Å². The zero-order chi connectivity index (χ0) is 12.3. The number of likely N-dealkylation sites (N-methyl/N-ethyl adjacent to an activating group) is 1. The SMILES string of the molecule is CNC1CCN(Cc2cc(Br)ccc2OC)C1.Cl. The van der Waals surface area contributed by atoms with Crippen LogP contribution in [0.2, 0.25) is 0 Å². The monoisotopic (exact) mass is 334 g/mol. The number of rotatable bonds is 4. The second-order valence-corrected chi connectivity index (χ2v) is 5.38. The van der Waals surface area contributed by atoms with Gasteiger partial charge in [0.15, 0.2) is 0 Å². The average Bonchev–Trinajstić information content (AvgIpc) is 2.77. The average molecular weight is 336 g/mol. The lowest BCUT2D eigenvalue weighted by molar-refractivity contribution is 0.313. The van der Waals surface area contributed by atoms with Crippen molar-refractivity contribution in [1.29, 1.82) is 0 Å².